The zero-order chi connectivity index (χ0) is 9.26. The summed E-state index contributed by atoms with van der Waals surface area (Å²) in [6.45, 7) is 2.09. The highest BCUT2D eigenvalue weighted by molar-refractivity contribution is 7.12. The van der Waals surface area contributed by atoms with Crippen LogP contribution in [0.15, 0.2) is 23.0 Å². The van der Waals surface area contributed by atoms with Crippen molar-refractivity contribution in [2.24, 2.45) is 5.73 Å². The van der Waals surface area contributed by atoms with Crippen LogP contribution in [0, 0.1) is 6.92 Å². The van der Waals surface area contributed by atoms with E-state index in [0.29, 0.717) is 0 Å². The topological polar surface area (TPSA) is 38.9 Å². The van der Waals surface area contributed by atoms with E-state index in [2.05, 4.69) is 24.0 Å². The van der Waals surface area contributed by atoms with Crippen LogP contribution in [0.1, 0.15) is 21.5 Å². The molecule has 0 saturated heterocycles. The molecule has 1 unspecified atom stereocenters. The molecule has 2 N–H and O–H groups in total. The van der Waals surface area contributed by atoms with Crippen LogP contribution in [0.4, 0.5) is 0 Å². The minimum Gasteiger partial charge on any atom is -0.318 e. The average molecular weight is 210 g/mol. The molecule has 0 aliphatic carbocycles. The van der Waals surface area contributed by atoms with Gasteiger partial charge in [-0.15, -0.1) is 22.7 Å². The molecule has 0 aliphatic heterocycles. The number of nitrogens with two attached hydrogens (primary N) is 1. The third-order valence-electron chi connectivity index (χ3n) is 1.84. The number of nitrogens with zero attached hydrogens (tertiary/aromatic N) is 1. The second-order valence-corrected chi connectivity index (χ2v) is 4.88. The summed E-state index contributed by atoms with van der Waals surface area (Å²) >= 11 is 3.32. The van der Waals surface area contributed by atoms with E-state index in [-0.39, 0.29) is 6.04 Å². The maximum absolute atomic E-state index is 6.03. The predicted molar refractivity (Wildman–Crippen MR) is 57.2 cm³/mol. The third kappa shape index (κ3) is 1.80. The summed E-state index contributed by atoms with van der Waals surface area (Å²) < 4.78 is 0. The number of hydrogen-bond donors (Lipinski definition) is 1. The number of aromatic nitrogens is 1. The van der Waals surface area contributed by atoms with Crippen molar-refractivity contribution in [1.29, 1.82) is 0 Å². The largest absolute Gasteiger partial charge is 0.318 e. The molecule has 0 radical (unpaired) electrons. The monoisotopic (exact) mass is 210 g/mol. The summed E-state index contributed by atoms with van der Waals surface area (Å²) in [5.74, 6) is 0. The second kappa shape index (κ2) is 3.57. The van der Waals surface area contributed by atoms with Gasteiger partial charge in [-0.1, -0.05) is 0 Å². The molecule has 2 rings (SSSR count). The Kier molecular flexibility index (Phi) is 2.44. The zero-order valence-corrected chi connectivity index (χ0v) is 8.86. The fourth-order valence-electron chi connectivity index (χ4n) is 1.14. The van der Waals surface area contributed by atoms with E-state index >= 15 is 0 Å². The van der Waals surface area contributed by atoms with E-state index < -0.39 is 0 Å². The lowest BCUT2D eigenvalue weighted by Gasteiger charge is -2.04. The maximum Gasteiger partial charge on any atom is 0.0828 e. The molecule has 0 aliphatic rings. The van der Waals surface area contributed by atoms with Gasteiger partial charge in [-0.25, -0.2) is 4.98 Å². The Hall–Kier alpha value is -0.710. The minimum absolute atomic E-state index is 0.0510. The summed E-state index contributed by atoms with van der Waals surface area (Å²) in [5.41, 5.74) is 8.81. The first-order chi connectivity index (χ1) is 6.27. The molecule has 2 aromatic heterocycles. The van der Waals surface area contributed by atoms with Crippen LogP contribution in [0.3, 0.4) is 0 Å². The molecule has 0 spiro atoms. The number of rotatable bonds is 2. The van der Waals surface area contributed by atoms with Gasteiger partial charge in [-0.3, -0.25) is 0 Å². The van der Waals surface area contributed by atoms with Gasteiger partial charge in [0.05, 0.1) is 17.2 Å². The molecule has 68 valence electrons. The van der Waals surface area contributed by atoms with E-state index in [0.717, 1.165) is 5.69 Å². The van der Waals surface area contributed by atoms with Gasteiger partial charge in [0.1, 0.15) is 0 Å². The van der Waals surface area contributed by atoms with Crippen molar-refractivity contribution in [3.8, 4) is 0 Å². The highest BCUT2D eigenvalue weighted by Gasteiger charge is 2.11. The van der Waals surface area contributed by atoms with E-state index in [4.69, 9.17) is 5.73 Å². The average Bonchev–Trinajstić information content (AvgIpc) is 2.72. The highest BCUT2D eigenvalue weighted by Crippen LogP contribution is 2.25. The van der Waals surface area contributed by atoms with Crippen LogP contribution < -0.4 is 5.73 Å². The number of hydrogen-bond acceptors (Lipinski definition) is 4. The lowest BCUT2D eigenvalue weighted by Crippen LogP contribution is -2.10. The van der Waals surface area contributed by atoms with Crippen LogP contribution in [0.25, 0.3) is 0 Å². The van der Waals surface area contributed by atoms with E-state index in [1.807, 2.05) is 10.9 Å². The normalized spacial score (nSPS) is 13.1. The van der Waals surface area contributed by atoms with Crippen molar-refractivity contribution < 1.29 is 0 Å². The molecule has 0 amide bonds. The van der Waals surface area contributed by atoms with Crippen molar-refractivity contribution in [3.63, 3.8) is 0 Å². The van der Waals surface area contributed by atoms with Gasteiger partial charge in [-0.2, -0.15) is 0 Å². The Morgan fingerprint density at radius 3 is 2.85 bits per heavy atom. The summed E-state index contributed by atoms with van der Waals surface area (Å²) in [6, 6.07) is 4.11. The zero-order valence-electron chi connectivity index (χ0n) is 7.23. The van der Waals surface area contributed by atoms with Crippen molar-refractivity contribution in [2.45, 2.75) is 13.0 Å². The van der Waals surface area contributed by atoms with Gasteiger partial charge >= 0.3 is 0 Å². The van der Waals surface area contributed by atoms with Gasteiger partial charge in [-0.05, 0) is 19.1 Å². The fraction of sp³-hybridized carbons (Fsp3) is 0.222. The van der Waals surface area contributed by atoms with E-state index in [1.165, 1.54) is 9.75 Å². The van der Waals surface area contributed by atoms with Crippen LogP contribution >= 0.6 is 22.7 Å². The lowest BCUT2D eigenvalue weighted by atomic mass is 10.2. The Morgan fingerprint density at radius 1 is 1.46 bits per heavy atom. The molecule has 0 aromatic carbocycles. The summed E-state index contributed by atoms with van der Waals surface area (Å²) in [7, 11) is 0. The SMILES string of the molecule is Cc1ccc(C(N)c2cscn2)s1. The highest BCUT2D eigenvalue weighted by atomic mass is 32.1. The predicted octanol–water partition coefficient (Wildman–Crippen LogP) is 2.56. The fourth-order valence-corrected chi connectivity index (χ4v) is 2.62. The van der Waals surface area contributed by atoms with Gasteiger partial charge in [0.2, 0.25) is 0 Å². The van der Waals surface area contributed by atoms with Crippen LogP contribution in [-0.2, 0) is 0 Å². The van der Waals surface area contributed by atoms with Crippen LogP contribution in [0.2, 0.25) is 0 Å². The van der Waals surface area contributed by atoms with Crippen molar-refractivity contribution >= 4 is 22.7 Å². The summed E-state index contributed by atoms with van der Waals surface area (Å²) in [4.78, 5) is 6.68. The standard InChI is InChI=1S/C9H10N2S2/c1-6-2-3-8(13-6)9(10)7-4-12-5-11-7/h2-5,9H,10H2,1H3. The molecule has 0 bridgehead atoms. The Balaban J connectivity index is 2.28. The maximum atomic E-state index is 6.03. The molecule has 2 heterocycles. The number of thiazole rings is 1. The molecule has 13 heavy (non-hydrogen) atoms. The lowest BCUT2D eigenvalue weighted by molar-refractivity contribution is 0.858. The quantitative estimate of drug-likeness (QED) is 0.827. The first-order valence-electron chi connectivity index (χ1n) is 3.97. The number of aryl methyl sites for hydroxylation is 1. The Bertz CT molecular complexity index is 378. The van der Waals surface area contributed by atoms with Crippen molar-refractivity contribution in [2.75, 3.05) is 0 Å². The van der Waals surface area contributed by atoms with Crippen molar-refractivity contribution in [1.82, 2.24) is 4.98 Å². The van der Waals surface area contributed by atoms with Gasteiger partial charge < -0.3 is 5.73 Å². The van der Waals surface area contributed by atoms with Gasteiger partial charge in [0.15, 0.2) is 0 Å². The van der Waals surface area contributed by atoms with Crippen LogP contribution in [0.5, 0.6) is 0 Å². The molecule has 2 aromatic rings. The summed E-state index contributed by atoms with van der Waals surface area (Å²) in [6.07, 6.45) is 0. The molecule has 1 atom stereocenters. The molecule has 4 heteroatoms. The molecule has 2 nitrogen and oxygen atoms in total. The Labute approximate surface area is 85.1 Å². The van der Waals surface area contributed by atoms with Crippen LogP contribution in [-0.4, -0.2) is 4.98 Å². The third-order valence-corrected chi connectivity index (χ3v) is 3.53. The van der Waals surface area contributed by atoms with E-state index in [1.54, 1.807) is 22.7 Å². The molecule has 0 fully saturated rings. The summed E-state index contributed by atoms with van der Waals surface area (Å²) in [5, 5.41) is 2.00. The first kappa shape index (κ1) is 8.87. The molecular formula is C9H10N2S2. The number of thiophene rings is 1. The molecule has 0 saturated carbocycles. The van der Waals surface area contributed by atoms with E-state index in [9.17, 15) is 0 Å². The van der Waals surface area contributed by atoms with Gasteiger partial charge in [0, 0.05) is 15.1 Å². The van der Waals surface area contributed by atoms with Crippen molar-refractivity contribution in [3.05, 3.63) is 38.5 Å². The smallest absolute Gasteiger partial charge is 0.0828 e. The second-order valence-electron chi connectivity index (χ2n) is 2.84. The molecular weight excluding hydrogens is 200 g/mol. The van der Waals surface area contributed by atoms with Gasteiger partial charge in [0.25, 0.3) is 0 Å². The first-order valence-corrected chi connectivity index (χ1v) is 5.73. The minimum atomic E-state index is -0.0510. The Morgan fingerprint density at radius 2 is 2.31 bits per heavy atom.